The van der Waals surface area contributed by atoms with E-state index in [4.69, 9.17) is 5.26 Å². The topological polar surface area (TPSA) is 102 Å². The van der Waals surface area contributed by atoms with Crippen molar-refractivity contribution in [1.82, 2.24) is 15.5 Å². The molecule has 29 heavy (non-hydrogen) atoms. The van der Waals surface area contributed by atoms with Crippen molar-refractivity contribution in [2.75, 3.05) is 6.54 Å². The molecule has 0 aromatic heterocycles. The van der Waals surface area contributed by atoms with E-state index < -0.39 is 17.5 Å². The first-order chi connectivity index (χ1) is 13.6. The lowest BCUT2D eigenvalue weighted by Gasteiger charge is -2.40. The van der Waals surface area contributed by atoms with Crippen LogP contribution < -0.4 is 10.6 Å². The summed E-state index contributed by atoms with van der Waals surface area (Å²) in [6.07, 6.45) is 2.98. The van der Waals surface area contributed by atoms with Crippen LogP contribution in [-0.2, 0) is 16.1 Å². The number of nitrogens with one attached hydrogen (secondary N) is 2. The number of hydrogen-bond donors (Lipinski definition) is 2. The smallest absolute Gasteiger partial charge is 0.325 e. The maximum absolute atomic E-state index is 13.0. The Labute approximate surface area is 171 Å². The first-order valence-electron chi connectivity index (χ1n) is 10.0. The van der Waals surface area contributed by atoms with Gasteiger partial charge in [0.1, 0.15) is 12.1 Å². The monoisotopic (exact) mass is 396 g/mol. The van der Waals surface area contributed by atoms with Gasteiger partial charge in [0.2, 0.25) is 5.91 Å². The van der Waals surface area contributed by atoms with E-state index in [1.165, 1.54) is 0 Å². The SMILES string of the molecule is CC(C)(C)C1CCC2(CC1)NC(=O)N(CC(=O)NCc1cccc(C#N)c1)C2=O. The zero-order chi connectivity index (χ0) is 21.2. The Morgan fingerprint density at radius 2 is 2.00 bits per heavy atom. The van der Waals surface area contributed by atoms with Crippen LogP contribution in [-0.4, -0.2) is 34.8 Å². The van der Waals surface area contributed by atoms with Gasteiger partial charge in [-0.3, -0.25) is 14.5 Å². The number of rotatable bonds is 4. The van der Waals surface area contributed by atoms with Gasteiger partial charge in [-0.05, 0) is 54.7 Å². The molecule has 4 amide bonds. The summed E-state index contributed by atoms with van der Waals surface area (Å²) in [5.74, 6) is -0.188. The third-order valence-electron chi connectivity index (χ3n) is 6.16. The molecule has 1 aliphatic carbocycles. The van der Waals surface area contributed by atoms with Crippen LogP contribution in [0.2, 0.25) is 0 Å². The number of urea groups is 1. The van der Waals surface area contributed by atoms with Gasteiger partial charge >= 0.3 is 6.03 Å². The summed E-state index contributed by atoms with van der Waals surface area (Å²) in [6.45, 7) is 6.54. The lowest BCUT2D eigenvalue weighted by Crippen LogP contribution is -2.51. The predicted octanol–water partition coefficient (Wildman–Crippen LogP) is 2.70. The van der Waals surface area contributed by atoms with E-state index >= 15 is 0 Å². The van der Waals surface area contributed by atoms with E-state index in [0.717, 1.165) is 23.3 Å². The lowest BCUT2D eigenvalue weighted by molar-refractivity contribution is -0.136. The van der Waals surface area contributed by atoms with Crippen LogP contribution in [0, 0.1) is 22.7 Å². The molecule has 154 valence electrons. The number of carbonyl (C=O) groups is 3. The minimum atomic E-state index is -0.861. The van der Waals surface area contributed by atoms with Crippen molar-refractivity contribution >= 4 is 17.8 Å². The van der Waals surface area contributed by atoms with Crippen LogP contribution in [0.15, 0.2) is 24.3 Å². The van der Waals surface area contributed by atoms with Crippen LogP contribution in [0.5, 0.6) is 0 Å². The average Bonchev–Trinajstić information content (AvgIpc) is 2.90. The molecule has 0 unspecified atom stereocenters. The normalized spacial score (nSPS) is 24.3. The standard InChI is InChI=1S/C22H28N4O3/c1-21(2,3)17-7-9-22(10-8-17)19(28)26(20(29)25-22)14-18(27)24-13-16-6-4-5-15(11-16)12-23/h4-6,11,17H,7-10,13-14H2,1-3H3,(H,24,27)(H,25,29). The number of benzene rings is 1. The molecule has 1 saturated carbocycles. The Balaban J connectivity index is 1.57. The van der Waals surface area contributed by atoms with E-state index in [9.17, 15) is 14.4 Å². The number of imide groups is 1. The van der Waals surface area contributed by atoms with Gasteiger partial charge in [0.05, 0.1) is 11.6 Å². The minimum Gasteiger partial charge on any atom is -0.350 e. The zero-order valence-corrected chi connectivity index (χ0v) is 17.2. The highest BCUT2D eigenvalue weighted by atomic mass is 16.2. The number of carbonyl (C=O) groups excluding carboxylic acids is 3. The Kier molecular flexibility index (Phi) is 5.65. The van der Waals surface area contributed by atoms with Crippen LogP contribution in [0.25, 0.3) is 0 Å². The van der Waals surface area contributed by atoms with Crippen molar-refractivity contribution in [2.45, 2.75) is 58.5 Å². The average molecular weight is 396 g/mol. The van der Waals surface area contributed by atoms with E-state index in [1.54, 1.807) is 24.3 Å². The Morgan fingerprint density at radius 1 is 1.31 bits per heavy atom. The first-order valence-corrected chi connectivity index (χ1v) is 10.0. The summed E-state index contributed by atoms with van der Waals surface area (Å²) < 4.78 is 0. The number of nitrogens with zero attached hydrogens (tertiary/aromatic N) is 2. The summed E-state index contributed by atoms with van der Waals surface area (Å²) in [5, 5.41) is 14.5. The van der Waals surface area contributed by atoms with Crippen LogP contribution in [0.3, 0.4) is 0 Å². The second kappa shape index (κ2) is 7.86. The minimum absolute atomic E-state index is 0.176. The molecule has 0 radical (unpaired) electrons. The van der Waals surface area contributed by atoms with E-state index in [2.05, 4.69) is 37.5 Å². The largest absolute Gasteiger partial charge is 0.350 e. The summed E-state index contributed by atoms with van der Waals surface area (Å²) >= 11 is 0. The fourth-order valence-corrected chi connectivity index (χ4v) is 4.29. The molecule has 1 spiro atoms. The third-order valence-corrected chi connectivity index (χ3v) is 6.16. The fraction of sp³-hybridized carbons (Fsp3) is 0.545. The molecule has 1 aliphatic heterocycles. The van der Waals surface area contributed by atoms with Gasteiger partial charge in [-0.2, -0.15) is 5.26 Å². The molecule has 2 aliphatic rings. The summed E-state index contributed by atoms with van der Waals surface area (Å²) in [5.41, 5.74) is 0.612. The number of hydrogen-bond acceptors (Lipinski definition) is 4. The predicted molar refractivity (Wildman–Crippen MR) is 107 cm³/mol. The molecule has 3 rings (SSSR count). The molecular formula is C22H28N4O3. The van der Waals surface area contributed by atoms with E-state index in [1.807, 2.05) is 0 Å². The molecule has 2 fully saturated rings. The van der Waals surface area contributed by atoms with Crippen molar-refractivity contribution in [1.29, 1.82) is 5.26 Å². The number of amides is 4. The van der Waals surface area contributed by atoms with Crippen molar-refractivity contribution in [3.05, 3.63) is 35.4 Å². The molecule has 1 saturated heterocycles. The van der Waals surface area contributed by atoms with Crippen LogP contribution in [0.1, 0.15) is 57.6 Å². The second-order valence-corrected chi connectivity index (χ2v) is 9.13. The highest BCUT2D eigenvalue weighted by molar-refractivity contribution is 6.09. The van der Waals surface area contributed by atoms with Crippen molar-refractivity contribution in [3.63, 3.8) is 0 Å². The second-order valence-electron chi connectivity index (χ2n) is 9.13. The van der Waals surface area contributed by atoms with Crippen LogP contribution in [0.4, 0.5) is 4.79 Å². The first kappa shape index (κ1) is 20.8. The van der Waals surface area contributed by atoms with Crippen LogP contribution >= 0.6 is 0 Å². The summed E-state index contributed by atoms with van der Waals surface area (Å²) in [6, 6.07) is 8.48. The van der Waals surface area contributed by atoms with Gasteiger partial charge < -0.3 is 10.6 Å². The molecule has 0 atom stereocenters. The van der Waals surface area contributed by atoms with Crippen molar-refractivity contribution in [3.8, 4) is 6.07 Å². The van der Waals surface area contributed by atoms with Gasteiger partial charge in [0.25, 0.3) is 5.91 Å². The zero-order valence-electron chi connectivity index (χ0n) is 17.2. The van der Waals surface area contributed by atoms with Gasteiger partial charge in [-0.25, -0.2) is 4.79 Å². The number of nitriles is 1. The Bertz CT molecular complexity index is 858. The van der Waals surface area contributed by atoms with Gasteiger partial charge in [0, 0.05) is 6.54 Å². The van der Waals surface area contributed by atoms with E-state index in [-0.39, 0.29) is 24.4 Å². The Hall–Kier alpha value is -2.88. The summed E-state index contributed by atoms with van der Waals surface area (Å²) in [7, 11) is 0. The van der Waals surface area contributed by atoms with Crippen molar-refractivity contribution in [2.24, 2.45) is 11.3 Å². The van der Waals surface area contributed by atoms with Gasteiger partial charge in [0.15, 0.2) is 0 Å². The molecule has 2 N–H and O–H groups in total. The highest BCUT2D eigenvalue weighted by Gasteiger charge is 2.53. The quantitative estimate of drug-likeness (QED) is 0.764. The molecule has 0 bridgehead atoms. The third kappa shape index (κ3) is 4.42. The molecule has 1 heterocycles. The van der Waals surface area contributed by atoms with Gasteiger partial charge in [-0.1, -0.05) is 32.9 Å². The maximum atomic E-state index is 13.0. The van der Waals surface area contributed by atoms with Crippen molar-refractivity contribution < 1.29 is 14.4 Å². The maximum Gasteiger partial charge on any atom is 0.325 e. The van der Waals surface area contributed by atoms with E-state index in [0.29, 0.717) is 24.3 Å². The van der Waals surface area contributed by atoms with Gasteiger partial charge in [-0.15, -0.1) is 0 Å². The molecular weight excluding hydrogens is 368 g/mol. The summed E-state index contributed by atoms with van der Waals surface area (Å²) in [4.78, 5) is 38.7. The molecule has 1 aromatic rings. The fourth-order valence-electron chi connectivity index (χ4n) is 4.29. The lowest BCUT2D eigenvalue weighted by atomic mass is 9.67. The highest BCUT2D eigenvalue weighted by Crippen LogP contribution is 2.43. The Morgan fingerprint density at radius 3 is 2.62 bits per heavy atom. The molecule has 7 nitrogen and oxygen atoms in total. The molecule has 1 aromatic carbocycles. The molecule has 7 heteroatoms.